The van der Waals surface area contributed by atoms with Gasteiger partial charge in [-0.15, -0.1) is 0 Å². The zero-order chi connectivity index (χ0) is 12.6. The average molecular weight is 271 g/mol. The quantitative estimate of drug-likeness (QED) is 0.793. The van der Waals surface area contributed by atoms with Crippen LogP contribution in [0.15, 0.2) is 23.1 Å². The van der Waals surface area contributed by atoms with E-state index in [4.69, 9.17) is 10.7 Å². The minimum Gasteiger partial charge on any atom is -0.495 e. The average Bonchev–Trinajstić information content (AvgIpc) is 2.13. The monoisotopic (exact) mass is 270 g/mol. The summed E-state index contributed by atoms with van der Waals surface area (Å²) in [5.74, 6) is -3.63. The fourth-order valence-corrected chi connectivity index (χ4v) is 2.28. The summed E-state index contributed by atoms with van der Waals surface area (Å²) in [4.78, 5) is -0.462. The number of ether oxygens (including phenoxy) is 1. The summed E-state index contributed by atoms with van der Waals surface area (Å²) >= 11 is 0. The molecule has 1 aromatic carbocycles. The maximum Gasteiger partial charge on any atom is 0.274 e. The molecule has 0 N–H and O–H groups in total. The predicted octanol–water partition coefficient (Wildman–Crippen LogP) is 2.73. The third-order valence-electron chi connectivity index (χ3n) is 1.92. The Bertz CT molecular complexity index is 494. The predicted molar refractivity (Wildman–Crippen MR) is 55.6 cm³/mol. The van der Waals surface area contributed by atoms with Gasteiger partial charge in [0.15, 0.2) is 0 Å². The van der Waals surface area contributed by atoms with Gasteiger partial charge in [-0.25, -0.2) is 17.2 Å². The summed E-state index contributed by atoms with van der Waals surface area (Å²) in [6.45, 7) is 0.648. The van der Waals surface area contributed by atoms with Crippen LogP contribution in [-0.4, -0.2) is 15.5 Å². The zero-order valence-electron chi connectivity index (χ0n) is 8.50. The maximum absolute atomic E-state index is 13.2. The van der Waals surface area contributed by atoms with Crippen molar-refractivity contribution in [2.24, 2.45) is 0 Å². The van der Waals surface area contributed by atoms with Crippen LogP contribution >= 0.6 is 10.7 Å². The summed E-state index contributed by atoms with van der Waals surface area (Å²) in [6.07, 6.45) is 0. The topological polar surface area (TPSA) is 43.4 Å². The molecule has 0 bridgehead atoms. The first kappa shape index (κ1) is 13.2. The molecule has 1 rings (SSSR count). The largest absolute Gasteiger partial charge is 0.495 e. The molecule has 0 saturated carbocycles. The van der Waals surface area contributed by atoms with Gasteiger partial charge >= 0.3 is 0 Å². The fourth-order valence-electron chi connectivity index (χ4n) is 1.26. The summed E-state index contributed by atoms with van der Waals surface area (Å²) in [5.41, 5.74) is -0.517. The molecular weight excluding hydrogens is 262 g/mol. The van der Waals surface area contributed by atoms with Gasteiger partial charge < -0.3 is 4.74 Å². The van der Waals surface area contributed by atoms with Crippen molar-refractivity contribution in [2.75, 3.05) is 7.11 Å². The second-order valence-corrected chi connectivity index (χ2v) is 5.70. The number of alkyl halides is 2. The van der Waals surface area contributed by atoms with Crippen LogP contribution in [-0.2, 0) is 15.0 Å². The van der Waals surface area contributed by atoms with Gasteiger partial charge in [-0.05, 0) is 12.1 Å². The third-order valence-corrected chi connectivity index (χ3v) is 3.26. The molecule has 0 atom stereocenters. The second kappa shape index (κ2) is 4.18. The Morgan fingerprint density at radius 3 is 2.31 bits per heavy atom. The number of halogens is 3. The summed E-state index contributed by atoms with van der Waals surface area (Å²) in [5, 5.41) is 0. The van der Waals surface area contributed by atoms with Gasteiger partial charge in [-0.3, -0.25) is 0 Å². The molecule has 0 saturated heterocycles. The smallest absolute Gasteiger partial charge is 0.274 e. The van der Waals surface area contributed by atoms with Crippen molar-refractivity contribution in [3.05, 3.63) is 23.8 Å². The highest BCUT2D eigenvalue weighted by atomic mass is 35.7. The van der Waals surface area contributed by atoms with E-state index in [9.17, 15) is 17.2 Å². The minimum absolute atomic E-state index is 0.426. The van der Waals surface area contributed by atoms with Crippen LogP contribution in [0.4, 0.5) is 8.78 Å². The van der Waals surface area contributed by atoms with Gasteiger partial charge in [0.25, 0.3) is 15.0 Å². The molecule has 90 valence electrons. The first-order chi connectivity index (χ1) is 7.18. The highest BCUT2D eigenvalue weighted by Crippen LogP contribution is 2.39. The first-order valence-corrected chi connectivity index (χ1v) is 6.49. The van der Waals surface area contributed by atoms with Crippen molar-refractivity contribution in [3.63, 3.8) is 0 Å². The van der Waals surface area contributed by atoms with Crippen LogP contribution in [0.25, 0.3) is 0 Å². The Morgan fingerprint density at radius 1 is 1.38 bits per heavy atom. The van der Waals surface area contributed by atoms with Crippen molar-refractivity contribution < 1.29 is 21.9 Å². The molecule has 0 aromatic heterocycles. The standard InChI is InChI=1S/C9H9ClF2O3S/c1-9(11,12)6-4-3-5-7(8(6)15-2)16(10,13)14/h3-5H,1-2H3. The van der Waals surface area contributed by atoms with Crippen LogP contribution in [0.5, 0.6) is 5.75 Å². The van der Waals surface area contributed by atoms with Crippen LogP contribution < -0.4 is 4.74 Å². The number of hydrogen-bond donors (Lipinski definition) is 0. The van der Waals surface area contributed by atoms with Crippen LogP contribution in [0.1, 0.15) is 12.5 Å². The van der Waals surface area contributed by atoms with Crippen LogP contribution in [0, 0.1) is 0 Å². The Kier molecular flexibility index (Phi) is 3.44. The summed E-state index contributed by atoms with van der Waals surface area (Å²) in [7, 11) is 2.10. The van der Waals surface area contributed by atoms with E-state index in [0.29, 0.717) is 6.92 Å². The van der Waals surface area contributed by atoms with Gasteiger partial charge in [0, 0.05) is 17.6 Å². The number of hydrogen-bond acceptors (Lipinski definition) is 3. The molecule has 0 unspecified atom stereocenters. The van der Waals surface area contributed by atoms with Crippen LogP contribution in [0.3, 0.4) is 0 Å². The molecule has 0 spiro atoms. The lowest BCUT2D eigenvalue weighted by molar-refractivity contribution is 0.0147. The second-order valence-electron chi connectivity index (χ2n) is 3.16. The highest BCUT2D eigenvalue weighted by Gasteiger charge is 2.32. The molecule has 0 aliphatic heterocycles. The van der Waals surface area contributed by atoms with E-state index in [1.165, 1.54) is 6.07 Å². The van der Waals surface area contributed by atoms with E-state index in [1.807, 2.05) is 0 Å². The Hall–Kier alpha value is -0.880. The lowest BCUT2D eigenvalue weighted by atomic mass is 10.1. The Labute approximate surface area is 96.4 Å². The molecule has 0 fully saturated rings. The van der Waals surface area contributed by atoms with Crippen molar-refractivity contribution in [3.8, 4) is 5.75 Å². The number of methoxy groups -OCH3 is 1. The molecule has 0 aliphatic carbocycles. The molecular formula is C9H9ClF2O3S. The Balaban J connectivity index is 3.57. The lowest BCUT2D eigenvalue weighted by Crippen LogP contribution is -2.11. The molecule has 0 heterocycles. The molecule has 0 amide bonds. The molecule has 16 heavy (non-hydrogen) atoms. The summed E-state index contributed by atoms with van der Waals surface area (Å²) in [6, 6.07) is 3.38. The van der Waals surface area contributed by atoms with Gasteiger partial charge in [-0.2, -0.15) is 0 Å². The van der Waals surface area contributed by atoms with Crippen molar-refractivity contribution >= 4 is 19.7 Å². The van der Waals surface area contributed by atoms with Gasteiger partial charge in [0.1, 0.15) is 10.6 Å². The van der Waals surface area contributed by atoms with Crippen molar-refractivity contribution in [1.82, 2.24) is 0 Å². The molecule has 0 aliphatic rings. The fraction of sp³-hybridized carbons (Fsp3) is 0.333. The van der Waals surface area contributed by atoms with E-state index in [-0.39, 0.29) is 0 Å². The van der Waals surface area contributed by atoms with E-state index in [0.717, 1.165) is 19.2 Å². The summed E-state index contributed by atoms with van der Waals surface area (Å²) < 4.78 is 53.3. The first-order valence-electron chi connectivity index (χ1n) is 4.18. The molecule has 7 heteroatoms. The van der Waals surface area contributed by atoms with E-state index >= 15 is 0 Å². The number of benzene rings is 1. The third kappa shape index (κ3) is 2.62. The number of para-hydroxylation sites is 1. The van der Waals surface area contributed by atoms with Gasteiger partial charge in [0.2, 0.25) is 0 Å². The van der Waals surface area contributed by atoms with E-state index in [2.05, 4.69) is 4.74 Å². The van der Waals surface area contributed by atoms with Crippen molar-refractivity contribution in [2.45, 2.75) is 17.7 Å². The molecule has 3 nitrogen and oxygen atoms in total. The van der Waals surface area contributed by atoms with E-state index in [1.54, 1.807) is 0 Å². The van der Waals surface area contributed by atoms with Gasteiger partial charge in [0.05, 0.1) is 12.7 Å². The van der Waals surface area contributed by atoms with Crippen molar-refractivity contribution in [1.29, 1.82) is 0 Å². The maximum atomic E-state index is 13.2. The normalized spacial score (nSPS) is 12.6. The highest BCUT2D eigenvalue weighted by molar-refractivity contribution is 8.13. The minimum atomic E-state index is -4.11. The SMILES string of the molecule is COc1c(C(C)(F)F)cccc1S(=O)(=O)Cl. The van der Waals surface area contributed by atoms with Gasteiger partial charge in [-0.1, -0.05) is 6.07 Å². The van der Waals surface area contributed by atoms with Crippen LogP contribution in [0.2, 0.25) is 0 Å². The zero-order valence-corrected chi connectivity index (χ0v) is 10.1. The molecule has 0 radical (unpaired) electrons. The number of rotatable bonds is 3. The Morgan fingerprint density at radius 2 is 1.94 bits per heavy atom. The lowest BCUT2D eigenvalue weighted by Gasteiger charge is -2.16. The van der Waals surface area contributed by atoms with E-state index < -0.39 is 31.2 Å². The molecule has 1 aromatic rings.